The summed E-state index contributed by atoms with van der Waals surface area (Å²) in [6.07, 6.45) is 4.55. The Kier molecular flexibility index (Phi) is 3.74. The minimum atomic E-state index is -0.518. The van der Waals surface area contributed by atoms with E-state index in [0.717, 1.165) is 5.56 Å². The van der Waals surface area contributed by atoms with Crippen molar-refractivity contribution in [3.05, 3.63) is 36.5 Å². The smallest absolute Gasteiger partial charge is 0.316 e. The van der Waals surface area contributed by atoms with Gasteiger partial charge in [0.25, 0.3) is 0 Å². The van der Waals surface area contributed by atoms with Crippen LogP contribution in [0.4, 0.5) is 4.79 Å². The molecule has 6 heteroatoms. The molecule has 0 saturated heterocycles. The van der Waals surface area contributed by atoms with Crippen LogP contribution in [-0.4, -0.2) is 26.3 Å². The average Bonchev–Trinajstić information content (AvgIpc) is 2.70. The van der Waals surface area contributed by atoms with Gasteiger partial charge in [0.2, 0.25) is 0 Å². The standard InChI is InChI=1S/C14H18N4O2/c1-10-16-12(11-6-5-7-15-8-11)9-18(10)20-13(19)17-14(2,3)4/h5-9H,1-4H3,(H,17,19). The topological polar surface area (TPSA) is 69.0 Å². The summed E-state index contributed by atoms with van der Waals surface area (Å²) in [5.74, 6) is 0.591. The van der Waals surface area contributed by atoms with Gasteiger partial charge in [-0.3, -0.25) is 4.98 Å². The van der Waals surface area contributed by atoms with Gasteiger partial charge < -0.3 is 10.2 Å². The normalized spacial score (nSPS) is 11.2. The minimum Gasteiger partial charge on any atom is -0.316 e. The molecule has 6 nitrogen and oxygen atoms in total. The fourth-order valence-corrected chi connectivity index (χ4v) is 1.62. The van der Waals surface area contributed by atoms with Crippen LogP contribution in [0, 0.1) is 6.92 Å². The largest absolute Gasteiger partial charge is 0.432 e. The Bertz CT molecular complexity index is 599. The molecule has 0 atom stereocenters. The zero-order chi connectivity index (χ0) is 14.8. The lowest BCUT2D eigenvalue weighted by Crippen LogP contribution is -2.44. The van der Waals surface area contributed by atoms with E-state index in [2.05, 4.69) is 15.3 Å². The maximum Gasteiger partial charge on any atom is 0.432 e. The third-order valence-electron chi connectivity index (χ3n) is 2.46. The van der Waals surface area contributed by atoms with Crippen LogP contribution < -0.4 is 10.2 Å². The van der Waals surface area contributed by atoms with Crippen molar-refractivity contribution < 1.29 is 9.63 Å². The molecule has 2 aromatic heterocycles. The van der Waals surface area contributed by atoms with Crippen LogP contribution >= 0.6 is 0 Å². The fourth-order valence-electron chi connectivity index (χ4n) is 1.62. The van der Waals surface area contributed by atoms with Gasteiger partial charge in [0, 0.05) is 23.5 Å². The third kappa shape index (κ3) is 3.57. The zero-order valence-electron chi connectivity index (χ0n) is 12.0. The molecule has 0 aliphatic rings. The van der Waals surface area contributed by atoms with Gasteiger partial charge >= 0.3 is 6.09 Å². The molecule has 20 heavy (non-hydrogen) atoms. The number of aryl methyl sites for hydroxylation is 1. The molecule has 2 heterocycles. The average molecular weight is 274 g/mol. The van der Waals surface area contributed by atoms with Crippen LogP contribution in [0.25, 0.3) is 11.3 Å². The molecule has 1 amide bonds. The predicted octanol–water partition coefficient (Wildman–Crippen LogP) is 2.19. The molecule has 0 aliphatic heterocycles. The summed E-state index contributed by atoms with van der Waals surface area (Å²) in [6, 6.07) is 3.73. The number of hydrogen-bond donors (Lipinski definition) is 1. The van der Waals surface area contributed by atoms with Crippen LogP contribution in [0.3, 0.4) is 0 Å². The van der Waals surface area contributed by atoms with E-state index in [1.54, 1.807) is 25.5 Å². The second-order valence-electron chi connectivity index (χ2n) is 5.49. The number of nitrogens with one attached hydrogen (secondary N) is 1. The van der Waals surface area contributed by atoms with Crippen molar-refractivity contribution in [1.29, 1.82) is 0 Å². The Balaban J connectivity index is 2.15. The van der Waals surface area contributed by atoms with Crippen LogP contribution in [0.2, 0.25) is 0 Å². The highest BCUT2D eigenvalue weighted by molar-refractivity contribution is 5.68. The maximum atomic E-state index is 11.7. The highest BCUT2D eigenvalue weighted by Gasteiger charge is 2.17. The highest BCUT2D eigenvalue weighted by Crippen LogP contribution is 2.16. The summed E-state index contributed by atoms with van der Waals surface area (Å²) in [5.41, 5.74) is 1.23. The molecule has 2 aromatic rings. The maximum absolute atomic E-state index is 11.7. The van der Waals surface area contributed by atoms with Crippen molar-refractivity contribution in [3.8, 4) is 11.3 Å². The van der Waals surface area contributed by atoms with Gasteiger partial charge in [0.15, 0.2) is 0 Å². The lowest BCUT2D eigenvalue weighted by atomic mass is 10.1. The number of aromatic nitrogens is 3. The number of hydrogen-bond acceptors (Lipinski definition) is 4. The van der Waals surface area contributed by atoms with E-state index < -0.39 is 6.09 Å². The number of imidazole rings is 1. The quantitative estimate of drug-likeness (QED) is 0.911. The summed E-state index contributed by atoms with van der Waals surface area (Å²) in [6.45, 7) is 7.42. The third-order valence-corrected chi connectivity index (χ3v) is 2.46. The molecule has 106 valence electrons. The van der Waals surface area contributed by atoms with Gasteiger partial charge in [0.1, 0.15) is 5.82 Å². The van der Waals surface area contributed by atoms with E-state index in [1.807, 2.05) is 32.9 Å². The molecule has 0 radical (unpaired) electrons. The van der Waals surface area contributed by atoms with E-state index >= 15 is 0 Å². The van der Waals surface area contributed by atoms with Crippen molar-refractivity contribution in [2.45, 2.75) is 33.2 Å². The van der Waals surface area contributed by atoms with Gasteiger partial charge in [-0.05, 0) is 39.8 Å². The Morgan fingerprint density at radius 1 is 1.40 bits per heavy atom. The lowest BCUT2D eigenvalue weighted by Gasteiger charge is -2.19. The monoisotopic (exact) mass is 274 g/mol. The van der Waals surface area contributed by atoms with E-state index in [0.29, 0.717) is 11.5 Å². The van der Waals surface area contributed by atoms with Crippen molar-refractivity contribution >= 4 is 6.09 Å². The summed E-state index contributed by atoms with van der Waals surface area (Å²) >= 11 is 0. The number of carbonyl (C=O) groups is 1. The summed E-state index contributed by atoms with van der Waals surface area (Å²) in [4.78, 5) is 25.3. The van der Waals surface area contributed by atoms with Gasteiger partial charge in [-0.15, -0.1) is 0 Å². The molecule has 0 saturated carbocycles. The van der Waals surface area contributed by atoms with Crippen molar-refractivity contribution in [2.75, 3.05) is 0 Å². The van der Waals surface area contributed by atoms with Crippen LogP contribution in [0.5, 0.6) is 0 Å². The first-order valence-corrected chi connectivity index (χ1v) is 6.32. The van der Waals surface area contributed by atoms with Crippen molar-refractivity contribution in [1.82, 2.24) is 20.0 Å². The Hall–Kier alpha value is -2.37. The Morgan fingerprint density at radius 2 is 2.15 bits per heavy atom. The Morgan fingerprint density at radius 3 is 2.75 bits per heavy atom. The van der Waals surface area contributed by atoms with Gasteiger partial charge in [-0.1, -0.05) is 0 Å². The SMILES string of the molecule is Cc1nc(-c2cccnc2)cn1OC(=O)NC(C)(C)C. The molecule has 1 N–H and O–H groups in total. The van der Waals surface area contributed by atoms with E-state index in [-0.39, 0.29) is 5.54 Å². The first-order valence-electron chi connectivity index (χ1n) is 6.32. The lowest BCUT2D eigenvalue weighted by molar-refractivity contribution is 0.122. The van der Waals surface area contributed by atoms with Crippen molar-refractivity contribution in [2.24, 2.45) is 0 Å². The molecular formula is C14H18N4O2. The van der Waals surface area contributed by atoms with Crippen molar-refractivity contribution in [3.63, 3.8) is 0 Å². The number of nitrogens with zero attached hydrogens (tertiary/aromatic N) is 3. The first kappa shape index (κ1) is 14.0. The van der Waals surface area contributed by atoms with Crippen LogP contribution in [0.1, 0.15) is 26.6 Å². The number of pyridine rings is 1. The zero-order valence-corrected chi connectivity index (χ0v) is 12.0. The number of carbonyl (C=O) groups excluding carboxylic acids is 1. The molecular weight excluding hydrogens is 256 g/mol. The summed E-state index contributed by atoms with van der Waals surface area (Å²) in [5, 5.41) is 2.72. The predicted molar refractivity (Wildman–Crippen MR) is 75.1 cm³/mol. The van der Waals surface area contributed by atoms with Gasteiger partial charge in [0.05, 0.1) is 11.9 Å². The highest BCUT2D eigenvalue weighted by atomic mass is 16.7. The number of rotatable bonds is 2. The molecule has 0 aromatic carbocycles. The molecule has 2 rings (SSSR count). The van der Waals surface area contributed by atoms with E-state index in [9.17, 15) is 4.79 Å². The molecule has 0 fully saturated rings. The molecule has 0 aliphatic carbocycles. The Labute approximate surface area is 117 Å². The van der Waals surface area contributed by atoms with Crippen LogP contribution in [-0.2, 0) is 0 Å². The van der Waals surface area contributed by atoms with Gasteiger partial charge in [-0.2, -0.15) is 4.73 Å². The second-order valence-corrected chi connectivity index (χ2v) is 5.49. The van der Waals surface area contributed by atoms with Gasteiger partial charge in [-0.25, -0.2) is 9.78 Å². The summed E-state index contributed by atoms with van der Waals surface area (Å²) in [7, 11) is 0. The first-order chi connectivity index (χ1) is 9.35. The molecule has 0 spiro atoms. The molecule has 0 unspecified atom stereocenters. The number of amides is 1. The van der Waals surface area contributed by atoms with E-state index in [1.165, 1.54) is 4.73 Å². The van der Waals surface area contributed by atoms with Crippen LogP contribution in [0.15, 0.2) is 30.7 Å². The van der Waals surface area contributed by atoms with E-state index in [4.69, 9.17) is 4.84 Å². The second kappa shape index (κ2) is 5.32. The minimum absolute atomic E-state index is 0.349. The molecule has 0 bridgehead atoms. The summed E-state index contributed by atoms with van der Waals surface area (Å²) < 4.78 is 1.35. The fraction of sp³-hybridized carbons (Fsp3) is 0.357.